The monoisotopic (exact) mass is 168 g/mol. The molecule has 0 bridgehead atoms. The van der Waals surface area contributed by atoms with E-state index in [1.54, 1.807) is 0 Å². The fraction of sp³-hybridized carbons (Fsp3) is 0.889. The highest BCUT2D eigenvalue weighted by Gasteiger charge is 2.19. The van der Waals surface area contributed by atoms with E-state index in [-0.39, 0.29) is 0 Å². The first kappa shape index (κ1) is 9.50. The fourth-order valence-corrected chi connectivity index (χ4v) is 1.46. The van der Waals surface area contributed by atoms with Crippen molar-refractivity contribution < 1.29 is 4.74 Å². The lowest BCUT2D eigenvalue weighted by atomic mass is 10.2. The molecule has 1 unspecified atom stereocenters. The third-order valence-corrected chi connectivity index (χ3v) is 2.33. The Bertz CT molecular complexity index is 158. The van der Waals surface area contributed by atoms with Crippen LogP contribution in [0.3, 0.4) is 0 Å². The maximum Gasteiger partial charge on any atom is 0.0622 e. The molecule has 0 aromatic rings. The zero-order chi connectivity index (χ0) is 8.81. The molecule has 1 rings (SSSR count). The molecule has 1 aliphatic rings. The summed E-state index contributed by atoms with van der Waals surface area (Å²) in [5.41, 5.74) is 0. The van der Waals surface area contributed by atoms with Crippen LogP contribution >= 0.6 is 0 Å². The Morgan fingerprint density at radius 3 is 3.08 bits per heavy atom. The molecule has 1 atom stereocenters. The van der Waals surface area contributed by atoms with Gasteiger partial charge in [0.1, 0.15) is 0 Å². The van der Waals surface area contributed by atoms with Gasteiger partial charge in [0.15, 0.2) is 0 Å². The Hall–Kier alpha value is -0.590. The third-order valence-electron chi connectivity index (χ3n) is 2.33. The van der Waals surface area contributed by atoms with Gasteiger partial charge in [-0.3, -0.25) is 0 Å². The second kappa shape index (κ2) is 5.13. The first-order valence-electron chi connectivity index (χ1n) is 4.49. The van der Waals surface area contributed by atoms with E-state index in [0.717, 1.165) is 32.6 Å². The van der Waals surface area contributed by atoms with Crippen LogP contribution < -0.4 is 0 Å². The molecule has 3 heteroatoms. The quantitative estimate of drug-likeness (QED) is 0.588. The minimum absolute atomic E-state index is 0.587. The molecule has 1 heterocycles. The minimum Gasteiger partial charge on any atom is -0.380 e. The lowest BCUT2D eigenvalue weighted by molar-refractivity contribution is 0.159. The lowest BCUT2D eigenvalue weighted by Gasteiger charge is -2.21. The summed E-state index contributed by atoms with van der Waals surface area (Å²) in [6, 6.07) is 2.74. The van der Waals surface area contributed by atoms with Crippen LogP contribution in [0.2, 0.25) is 0 Å². The van der Waals surface area contributed by atoms with Crippen LogP contribution in [0.4, 0.5) is 0 Å². The van der Waals surface area contributed by atoms with E-state index < -0.39 is 0 Å². The van der Waals surface area contributed by atoms with Gasteiger partial charge in [0, 0.05) is 19.1 Å². The molecule has 0 N–H and O–H groups in total. The largest absolute Gasteiger partial charge is 0.380 e. The van der Waals surface area contributed by atoms with Gasteiger partial charge in [-0.25, -0.2) is 0 Å². The van der Waals surface area contributed by atoms with Crippen molar-refractivity contribution in [2.45, 2.75) is 25.3 Å². The van der Waals surface area contributed by atoms with Gasteiger partial charge in [0.05, 0.1) is 12.7 Å². The van der Waals surface area contributed by atoms with Crippen molar-refractivity contribution in [3.8, 4) is 6.07 Å². The van der Waals surface area contributed by atoms with Crippen molar-refractivity contribution in [3.63, 3.8) is 0 Å². The Balaban J connectivity index is 2.10. The molecule has 0 spiro atoms. The normalized spacial score (nSPS) is 22.9. The summed E-state index contributed by atoms with van der Waals surface area (Å²) in [4.78, 5) is 2.30. The molecule has 1 aliphatic heterocycles. The predicted molar refractivity (Wildman–Crippen MR) is 46.7 cm³/mol. The molecule has 0 aromatic carbocycles. The van der Waals surface area contributed by atoms with Crippen molar-refractivity contribution in [1.82, 2.24) is 4.90 Å². The SMILES string of the molecule is CN(CCCC#N)C1CCOC1. The number of rotatable bonds is 4. The zero-order valence-electron chi connectivity index (χ0n) is 7.62. The average molecular weight is 168 g/mol. The van der Waals surface area contributed by atoms with Crippen molar-refractivity contribution in [1.29, 1.82) is 5.26 Å². The molecule has 12 heavy (non-hydrogen) atoms. The van der Waals surface area contributed by atoms with Gasteiger partial charge in [-0.2, -0.15) is 5.26 Å². The Morgan fingerprint density at radius 2 is 2.50 bits per heavy atom. The molecule has 1 saturated heterocycles. The van der Waals surface area contributed by atoms with E-state index in [4.69, 9.17) is 10.00 Å². The number of unbranched alkanes of at least 4 members (excludes halogenated alkanes) is 1. The van der Waals surface area contributed by atoms with Crippen molar-refractivity contribution in [3.05, 3.63) is 0 Å². The first-order chi connectivity index (χ1) is 5.84. The molecular weight excluding hydrogens is 152 g/mol. The topological polar surface area (TPSA) is 36.3 Å². The molecule has 1 fully saturated rings. The average Bonchev–Trinajstić information content (AvgIpc) is 2.56. The fourth-order valence-electron chi connectivity index (χ4n) is 1.46. The second-order valence-corrected chi connectivity index (χ2v) is 3.26. The molecule has 0 aliphatic carbocycles. The Morgan fingerprint density at radius 1 is 1.67 bits per heavy atom. The summed E-state index contributed by atoms with van der Waals surface area (Å²) < 4.78 is 5.28. The van der Waals surface area contributed by atoms with Gasteiger partial charge in [-0.1, -0.05) is 0 Å². The van der Waals surface area contributed by atoms with E-state index in [9.17, 15) is 0 Å². The molecule has 3 nitrogen and oxygen atoms in total. The number of likely N-dealkylation sites (N-methyl/N-ethyl adjacent to an activating group) is 1. The van der Waals surface area contributed by atoms with Crippen LogP contribution in [0.25, 0.3) is 0 Å². The maximum absolute atomic E-state index is 8.35. The van der Waals surface area contributed by atoms with Crippen LogP contribution in [0.15, 0.2) is 0 Å². The number of nitriles is 1. The van der Waals surface area contributed by atoms with Crippen LogP contribution in [0, 0.1) is 11.3 Å². The lowest BCUT2D eigenvalue weighted by Crippen LogP contribution is -2.32. The summed E-state index contributed by atoms with van der Waals surface area (Å²) in [7, 11) is 2.11. The van der Waals surface area contributed by atoms with Crippen LogP contribution in [0.5, 0.6) is 0 Å². The standard InChI is InChI=1S/C9H16N2O/c1-11(6-3-2-5-10)9-4-7-12-8-9/h9H,2-4,6-8H2,1H3. The Kier molecular flexibility index (Phi) is 4.06. The van der Waals surface area contributed by atoms with Gasteiger partial charge in [-0.05, 0) is 26.4 Å². The van der Waals surface area contributed by atoms with Crippen molar-refractivity contribution in [2.75, 3.05) is 26.8 Å². The van der Waals surface area contributed by atoms with Crippen LogP contribution in [0.1, 0.15) is 19.3 Å². The summed E-state index contributed by atoms with van der Waals surface area (Å²) >= 11 is 0. The smallest absolute Gasteiger partial charge is 0.0622 e. The molecule has 0 radical (unpaired) electrons. The number of hydrogen-bond acceptors (Lipinski definition) is 3. The van der Waals surface area contributed by atoms with Crippen LogP contribution in [-0.2, 0) is 4.74 Å². The number of hydrogen-bond donors (Lipinski definition) is 0. The van der Waals surface area contributed by atoms with Crippen molar-refractivity contribution >= 4 is 0 Å². The highest BCUT2D eigenvalue weighted by atomic mass is 16.5. The molecule has 68 valence electrons. The van der Waals surface area contributed by atoms with Crippen molar-refractivity contribution in [2.24, 2.45) is 0 Å². The zero-order valence-corrected chi connectivity index (χ0v) is 7.62. The number of nitrogens with zero attached hydrogens (tertiary/aromatic N) is 2. The maximum atomic E-state index is 8.35. The predicted octanol–water partition coefficient (Wildman–Crippen LogP) is 1.01. The molecule has 0 amide bonds. The summed E-state index contributed by atoms with van der Waals surface area (Å²) in [6.07, 6.45) is 2.78. The third kappa shape index (κ3) is 2.80. The van der Waals surface area contributed by atoms with Gasteiger partial charge >= 0.3 is 0 Å². The number of ether oxygens (including phenoxy) is 1. The van der Waals surface area contributed by atoms with Crippen LogP contribution in [-0.4, -0.2) is 37.7 Å². The van der Waals surface area contributed by atoms with E-state index in [0.29, 0.717) is 12.5 Å². The first-order valence-corrected chi connectivity index (χ1v) is 4.49. The van der Waals surface area contributed by atoms with E-state index in [1.165, 1.54) is 0 Å². The molecule has 0 aromatic heterocycles. The summed E-state index contributed by atoms with van der Waals surface area (Å²) in [5.74, 6) is 0. The summed E-state index contributed by atoms with van der Waals surface area (Å²) in [5, 5.41) is 8.35. The minimum atomic E-state index is 0.587. The van der Waals surface area contributed by atoms with Gasteiger partial charge < -0.3 is 9.64 Å². The Labute approximate surface area is 73.9 Å². The van der Waals surface area contributed by atoms with Gasteiger partial charge in [0.2, 0.25) is 0 Å². The molecule has 0 saturated carbocycles. The second-order valence-electron chi connectivity index (χ2n) is 3.26. The van der Waals surface area contributed by atoms with Gasteiger partial charge in [0.25, 0.3) is 0 Å². The highest BCUT2D eigenvalue weighted by molar-refractivity contribution is 4.75. The van der Waals surface area contributed by atoms with Gasteiger partial charge in [-0.15, -0.1) is 0 Å². The summed E-state index contributed by atoms with van der Waals surface area (Å²) in [6.45, 7) is 2.78. The highest BCUT2D eigenvalue weighted by Crippen LogP contribution is 2.10. The molecular formula is C9H16N2O. The van der Waals surface area contributed by atoms with E-state index in [1.807, 2.05) is 0 Å². The van der Waals surface area contributed by atoms with E-state index >= 15 is 0 Å². The van der Waals surface area contributed by atoms with E-state index in [2.05, 4.69) is 18.0 Å².